The highest BCUT2D eigenvalue weighted by molar-refractivity contribution is 6.16. The molecule has 0 N–H and O–H groups in total. The van der Waals surface area contributed by atoms with Crippen molar-refractivity contribution in [2.24, 2.45) is 23.7 Å². The summed E-state index contributed by atoms with van der Waals surface area (Å²) in [5.74, 6) is 1.55. The highest BCUT2D eigenvalue weighted by atomic mass is 27.0. The van der Waals surface area contributed by atoms with Gasteiger partial charge in [-0.3, -0.25) is 0 Å². The summed E-state index contributed by atoms with van der Waals surface area (Å²) in [6.45, 7) is 16.8. The Bertz CT molecular complexity index is 561. The zero-order valence-electron chi connectivity index (χ0n) is 18.8. The Balaban J connectivity index is -0.000000199. The maximum atomic E-state index is 9.93. The monoisotopic (exact) mass is 408 g/mol. The van der Waals surface area contributed by atoms with Crippen LogP contribution in [0.3, 0.4) is 0 Å². The van der Waals surface area contributed by atoms with Crippen molar-refractivity contribution in [3.63, 3.8) is 0 Å². The lowest BCUT2D eigenvalue weighted by Gasteiger charge is -2.20. The summed E-state index contributed by atoms with van der Waals surface area (Å²) >= 11 is 0. The van der Waals surface area contributed by atoms with Crippen molar-refractivity contribution in [1.29, 1.82) is 0 Å². The second-order valence-corrected chi connectivity index (χ2v) is 8.19. The predicted molar refractivity (Wildman–Crippen MR) is 133 cm³/mol. The van der Waals surface area contributed by atoms with Gasteiger partial charge in [0.1, 0.15) is 0 Å². The molecule has 0 atom stereocenters. The van der Waals surface area contributed by atoms with Gasteiger partial charge in [0.15, 0.2) is 0 Å². The summed E-state index contributed by atoms with van der Waals surface area (Å²) in [6, 6.07) is 0. The fraction of sp³-hybridized carbons (Fsp3) is 0.500. The second-order valence-electron chi connectivity index (χ2n) is 8.19. The van der Waals surface area contributed by atoms with Crippen molar-refractivity contribution < 1.29 is 2.85 Å². The van der Waals surface area contributed by atoms with E-state index in [0.717, 1.165) is 22.3 Å². The third kappa shape index (κ3) is 7.85. The first-order valence-corrected chi connectivity index (χ1v) is 9.71. The molecule has 2 aliphatic rings. The van der Waals surface area contributed by atoms with Crippen molar-refractivity contribution in [2.45, 2.75) is 55.4 Å². The predicted octanol–water partition coefficient (Wildman–Crippen LogP) is 6.49. The molecule has 0 amide bonds. The van der Waals surface area contributed by atoms with Gasteiger partial charge in [-0.05, 0) is 66.8 Å². The van der Waals surface area contributed by atoms with Crippen molar-refractivity contribution >= 4 is 46.1 Å². The molecule has 2 nitrogen and oxygen atoms in total. The molecule has 0 saturated heterocycles. The lowest BCUT2D eigenvalue weighted by Crippen LogP contribution is -2.16. The summed E-state index contributed by atoms with van der Waals surface area (Å²) in [7, 11) is 0. The van der Waals surface area contributed by atoms with E-state index in [-0.39, 0.29) is 37.6 Å². The Morgan fingerprint density at radius 1 is 0.536 bits per heavy atom. The summed E-state index contributed by atoms with van der Waals surface area (Å²) in [5, 5.41) is 19.9. The average Bonchev–Trinajstić information content (AvgIpc) is 2.54. The van der Waals surface area contributed by atoms with Crippen molar-refractivity contribution in [3.05, 3.63) is 70.3 Å². The van der Waals surface area contributed by atoms with Crippen LogP contribution in [0.25, 0.3) is 10.8 Å². The largest absolute Gasteiger partial charge is 0.778 e. The lowest BCUT2D eigenvalue weighted by atomic mass is 9.84. The van der Waals surface area contributed by atoms with E-state index in [9.17, 15) is 10.8 Å². The summed E-state index contributed by atoms with van der Waals surface area (Å²) in [4.78, 5) is 0. The smallest absolute Gasteiger partial charge is 0.0498 e. The second kappa shape index (κ2) is 13.4. The molecule has 0 bridgehead atoms. The number of hydrogen-bond donors (Lipinski definition) is 0. The number of hydrogen-bond acceptors (Lipinski definition) is 0. The molecule has 0 aromatic carbocycles. The Hall–Kier alpha value is -0.895. The standard InChI is InChI=1S/2C12H17N.2Al.2H2/c2*1-8(2)10-6-5-7-11(9(3)4)12(10)13;;;;/h2*5-9H,1-4H3;;;2*1H. The van der Waals surface area contributed by atoms with Crippen LogP contribution < -0.4 is 0 Å². The maximum absolute atomic E-state index is 9.93. The van der Waals surface area contributed by atoms with Gasteiger partial charge in [-0.15, -0.1) is 0 Å². The van der Waals surface area contributed by atoms with Crippen molar-refractivity contribution in [3.8, 4) is 0 Å². The van der Waals surface area contributed by atoms with Crippen LogP contribution in [0.1, 0.15) is 58.2 Å². The molecular weight excluding hydrogens is 370 g/mol. The first-order chi connectivity index (χ1) is 12.1. The number of nitrogens with zero attached hydrogens (tertiary/aromatic N) is 2. The van der Waals surface area contributed by atoms with E-state index in [1.165, 1.54) is 0 Å². The molecule has 28 heavy (non-hydrogen) atoms. The molecule has 0 unspecified atom stereocenters. The SMILES string of the molecule is CC(C)C1=C[CH+]C=C(C(C)C)C1=[N-].CC(C)C1=C[CH+]C=C(C(C)C)C1=[N-].[Al].[Al].[HH].[HH]. The van der Waals surface area contributed by atoms with Gasteiger partial charge in [-0.2, -0.15) is 0 Å². The minimum absolute atomic E-state index is 0. The van der Waals surface area contributed by atoms with E-state index in [2.05, 4.69) is 55.4 Å². The van der Waals surface area contributed by atoms with Crippen LogP contribution in [0.5, 0.6) is 0 Å². The van der Waals surface area contributed by atoms with Crippen LogP contribution in [-0.4, -0.2) is 46.1 Å². The van der Waals surface area contributed by atoms with Crippen LogP contribution in [0.4, 0.5) is 0 Å². The van der Waals surface area contributed by atoms with Crippen LogP contribution in [-0.2, 0) is 0 Å². The Labute approximate surface area is 197 Å². The Kier molecular flexibility index (Phi) is 14.0. The zero-order chi connectivity index (χ0) is 20.0. The van der Waals surface area contributed by atoms with Gasteiger partial charge in [0.25, 0.3) is 0 Å². The highest BCUT2D eigenvalue weighted by Crippen LogP contribution is 2.26. The Morgan fingerprint density at radius 2 is 0.714 bits per heavy atom. The van der Waals surface area contributed by atoms with Crippen LogP contribution in [0, 0.1) is 36.5 Å². The quantitative estimate of drug-likeness (QED) is 0.377. The minimum atomic E-state index is 0. The molecule has 0 fully saturated rings. The molecule has 0 saturated carbocycles. The molecule has 0 aromatic heterocycles. The topological polar surface area (TPSA) is 44.6 Å². The molecule has 0 heterocycles. The fourth-order valence-corrected chi connectivity index (χ4v) is 3.02. The third-order valence-electron chi connectivity index (χ3n) is 4.68. The Morgan fingerprint density at radius 3 is 0.857 bits per heavy atom. The molecule has 2 aliphatic carbocycles. The molecule has 0 aromatic rings. The van der Waals surface area contributed by atoms with Crippen LogP contribution in [0.2, 0.25) is 0 Å². The van der Waals surface area contributed by atoms with Gasteiger partial charge in [0, 0.05) is 121 Å². The summed E-state index contributed by atoms with van der Waals surface area (Å²) in [5.41, 5.74) is 5.15. The zero-order valence-corrected chi connectivity index (χ0v) is 21.1. The third-order valence-corrected chi connectivity index (χ3v) is 4.68. The van der Waals surface area contributed by atoms with E-state index >= 15 is 0 Å². The number of rotatable bonds is 4. The summed E-state index contributed by atoms with van der Waals surface area (Å²) in [6.07, 6.45) is 12.0. The fourth-order valence-electron chi connectivity index (χ4n) is 3.02. The van der Waals surface area contributed by atoms with Crippen LogP contribution in [0.15, 0.2) is 46.6 Å². The van der Waals surface area contributed by atoms with Gasteiger partial charge in [0.05, 0.1) is 0 Å². The summed E-state index contributed by atoms with van der Waals surface area (Å²) < 4.78 is 0. The highest BCUT2D eigenvalue weighted by Gasteiger charge is 2.22. The van der Waals surface area contributed by atoms with Gasteiger partial charge in [0.2, 0.25) is 0 Å². The molecule has 6 radical (unpaired) electrons. The molecular formula is C24H38Al2N2. The van der Waals surface area contributed by atoms with E-state index in [0.29, 0.717) is 35.1 Å². The van der Waals surface area contributed by atoms with Crippen molar-refractivity contribution in [1.82, 2.24) is 0 Å². The first kappa shape index (κ1) is 29.3. The molecule has 0 spiro atoms. The van der Waals surface area contributed by atoms with E-state index in [1.54, 1.807) is 0 Å². The lowest BCUT2D eigenvalue weighted by molar-refractivity contribution is 0.774. The first-order valence-electron chi connectivity index (χ1n) is 9.71. The van der Waals surface area contributed by atoms with Gasteiger partial charge in [-0.25, -0.2) is 0 Å². The molecule has 2 rings (SSSR count). The molecule has 4 heteroatoms. The van der Waals surface area contributed by atoms with Crippen LogP contribution >= 0.6 is 0 Å². The molecule has 150 valence electrons. The maximum Gasteiger partial charge on any atom is 0.0498 e. The van der Waals surface area contributed by atoms with E-state index in [1.807, 2.05) is 37.1 Å². The van der Waals surface area contributed by atoms with E-state index in [4.69, 9.17) is 0 Å². The van der Waals surface area contributed by atoms with Gasteiger partial charge < -0.3 is 10.8 Å². The average molecular weight is 409 g/mol. The normalized spacial score (nSPS) is 16.0. The van der Waals surface area contributed by atoms with Gasteiger partial charge >= 0.3 is 0 Å². The molecule has 0 aliphatic heterocycles. The minimum Gasteiger partial charge on any atom is -0.778 e. The van der Waals surface area contributed by atoms with Gasteiger partial charge in [-0.1, -0.05) is 0 Å². The number of allylic oxidation sites excluding steroid dienone is 8. The van der Waals surface area contributed by atoms with Crippen molar-refractivity contribution in [2.75, 3.05) is 0 Å². The van der Waals surface area contributed by atoms with E-state index < -0.39 is 0 Å².